The molecule has 0 bridgehead atoms. The van der Waals surface area contributed by atoms with Gasteiger partial charge < -0.3 is 36.6 Å². The molecule has 12 nitrogen and oxygen atoms in total. The van der Waals surface area contributed by atoms with E-state index in [1.165, 1.54) is 10.9 Å². The molecular formula is C31H38N8O4. The van der Waals surface area contributed by atoms with Crippen LogP contribution < -0.4 is 21.7 Å². The number of nitrogens with one attached hydrogen (secondary N) is 3. The van der Waals surface area contributed by atoms with Crippen LogP contribution in [0.15, 0.2) is 67.0 Å². The van der Waals surface area contributed by atoms with E-state index in [0.717, 1.165) is 30.4 Å². The molecule has 0 spiro atoms. The van der Waals surface area contributed by atoms with Gasteiger partial charge in [-0.3, -0.25) is 9.36 Å². The van der Waals surface area contributed by atoms with Crippen molar-refractivity contribution < 1.29 is 21.1 Å². The monoisotopic (exact) mass is 587 g/mol. The lowest BCUT2D eigenvalue weighted by Crippen LogP contribution is -2.42. The standard InChI is InChI=1S/C31H38N8O4/c1-2-33-29(42)26-24(40)25(41)30(43-26)39-17-35-23-27(37-31(38-28(23)39)36-22-15-9-14-21(22)32)34-16-20(18-10-5-3-6-11-18)19-12-7-4-8-13-19/h3-8,10-13,17,20-22,24-26,30,40-41H,2,9,14-16,32H2,1H3,(H,33,42)(H2,34,36,37,38)/t21-,22-,24+,25-,26+,30?/m1/s1/i1D. The highest BCUT2D eigenvalue weighted by atomic mass is 16.6. The number of aliphatic hydroxyl groups excluding tert-OH is 2. The van der Waals surface area contributed by atoms with Gasteiger partial charge >= 0.3 is 0 Å². The normalized spacial score (nSPS) is 25.6. The Labute approximate surface area is 251 Å². The SMILES string of the molecule is [2H]CCNC(=O)[C@H]1OC(n2cnc3c(NCC(c4ccccc4)c4ccccc4)nc(N[C@@H]4CCC[C@H]4N)nc32)[C@H](O)[C@@H]1O. The lowest BCUT2D eigenvalue weighted by molar-refractivity contribution is -0.137. The lowest BCUT2D eigenvalue weighted by atomic mass is 9.91. The van der Waals surface area contributed by atoms with Gasteiger partial charge in [0, 0.05) is 32.5 Å². The molecule has 4 aromatic rings. The number of aliphatic hydroxyl groups is 2. The number of rotatable bonds is 10. The zero-order chi connectivity index (χ0) is 30.6. The molecule has 1 aliphatic heterocycles. The number of hydrogen-bond donors (Lipinski definition) is 6. The van der Waals surface area contributed by atoms with E-state index in [-0.39, 0.29) is 31.4 Å². The molecule has 7 N–H and O–H groups in total. The Bertz CT molecular complexity index is 1520. The topological polar surface area (TPSA) is 172 Å². The van der Waals surface area contributed by atoms with Crippen molar-refractivity contribution in [3.05, 3.63) is 78.1 Å². The molecule has 1 unspecified atom stereocenters. The van der Waals surface area contributed by atoms with Crippen LogP contribution in [0.5, 0.6) is 0 Å². The van der Waals surface area contributed by atoms with Gasteiger partial charge in [0.15, 0.2) is 29.3 Å². The van der Waals surface area contributed by atoms with E-state index in [0.29, 0.717) is 29.5 Å². The third-order valence-corrected chi connectivity index (χ3v) is 8.25. The van der Waals surface area contributed by atoms with E-state index in [1.54, 1.807) is 0 Å². The zero-order valence-electron chi connectivity index (χ0n) is 24.7. The third kappa shape index (κ3) is 5.91. The summed E-state index contributed by atoms with van der Waals surface area (Å²) in [5.74, 6) is 0.246. The average molecular weight is 588 g/mol. The Hall–Kier alpha value is -4.10. The summed E-state index contributed by atoms with van der Waals surface area (Å²) >= 11 is 0. The van der Waals surface area contributed by atoms with Gasteiger partial charge in [0.05, 0.1) is 6.33 Å². The number of carbonyl (C=O) groups excluding carboxylic acids is 1. The Morgan fingerprint density at radius 3 is 2.47 bits per heavy atom. The quantitative estimate of drug-likeness (QED) is 0.161. The molecule has 2 fully saturated rings. The number of imidazole rings is 1. The van der Waals surface area contributed by atoms with Gasteiger partial charge in [-0.1, -0.05) is 60.7 Å². The number of benzene rings is 2. The molecular weight excluding hydrogens is 548 g/mol. The van der Waals surface area contributed by atoms with Crippen molar-refractivity contribution in [3.8, 4) is 0 Å². The minimum absolute atomic E-state index is 0.00156. The van der Waals surface area contributed by atoms with E-state index in [9.17, 15) is 15.0 Å². The highest BCUT2D eigenvalue weighted by Gasteiger charge is 2.47. The van der Waals surface area contributed by atoms with Crippen LogP contribution in [0.4, 0.5) is 11.8 Å². The summed E-state index contributed by atoms with van der Waals surface area (Å²) in [7, 11) is 0. The number of nitrogens with two attached hydrogens (primary N) is 1. The second kappa shape index (κ2) is 12.6. The number of likely N-dealkylation sites (N-methyl/N-ethyl adjacent to an activating group) is 1. The van der Waals surface area contributed by atoms with Gasteiger partial charge in [-0.05, 0) is 37.3 Å². The summed E-state index contributed by atoms with van der Waals surface area (Å²) in [6.07, 6.45) is -1.09. The molecule has 2 aliphatic rings. The van der Waals surface area contributed by atoms with E-state index in [1.807, 2.05) is 36.4 Å². The van der Waals surface area contributed by atoms with Crippen molar-refractivity contribution in [2.45, 2.75) is 68.7 Å². The zero-order valence-corrected chi connectivity index (χ0v) is 23.7. The molecule has 1 saturated carbocycles. The van der Waals surface area contributed by atoms with Gasteiger partial charge in [-0.2, -0.15) is 9.97 Å². The smallest absolute Gasteiger partial charge is 0.252 e. The summed E-state index contributed by atoms with van der Waals surface area (Å²) in [5, 5.41) is 31.0. The van der Waals surface area contributed by atoms with Crippen LogP contribution in [0.2, 0.25) is 0 Å². The fourth-order valence-electron chi connectivity index (χ4n) is 5.95. The van der Waals surface area contributed by atoms with Crippen molar-refractivity contribution in [1.29, 1.82) is 0 Å². The number of ether oxygens (including phenoxy) is 1. The van der Waals surface area contributed by atoms with Crippen LogP contribution in [-0.2, 0) is 9.53 Å². The first-order valence-corrected chi connectivity index (χ1v) is 14.6. The molecule has 6 atom stereocenters. The van der Waals surface area contributed by atoms with Gasteiger partial charge in [-0.25, -0.2) is 4.98 Å². The molecule has 2 aromatic carbocycles. The highest BCUT2D eigenvalue weighted by molar-refractivity contribution is 5.85. The number of hydrogen-bond acceptors (Lipinski definition) is 10. The van der Waals surface area contributed by atoms with Gasteiger partial charge in [0.25, 0.3) is 5.91 Å². The lowest BCUT2D eigenvalue weighted by Gasteiger charge is -2.21. The number of carbonyl (C=O) groups is 1. The Morgan fingerprint density at radius 1 is 1.09 bits per heavy atom. The first kappa shape index (κ1) is 27.7. The van der Waals surface area contributed by atoms with Crippen LogP contribution in [0.25, 0.3) is 11.2 Å². The summed E-state index contributed by atoms with van der Waals surface area (Å²) in [5.41, 5.74) is 9.43. The van der Waals surface area contributed by atoms with Crippen molar-refractivity contribution in [2.75, 3.05) is 23.7 Å². The molecule has 226 valence electrons. The maximum Gasteiger partial charge on any atom is 0.252 e. The van der Waals surface area contributed by atoms with Gasteiger partial charge in [-0.15, -0.1) is 0 Å². The van der Waals surface area contributed by atoms with Crippen LogP contribution in [0.1, 0.15) is 50.8 Å². The Balaban J connectivity index is 1.34. The molecule has 3 heterocycles. The maximum atomic E-state index is 12.6. The molecule has 12 heteroatoms. The minimum atomic E-state index is -1.48. The van der Waals surface area contributed by atoms with E-state index >= 15 is 0 Å². The van der Waals surface area contributed by atoms with Crippen LogP contribution in [0.3, 0.4) is 0 Å². The number of aromatic nitrogens is 4. The number of amides is 1. The van der Waals surface area contributed by atoms with Crippen molar-refractivity contribution >= 4 is 28.8 Å². The average Bonchev–Trinajstić information content (AvgIpc) is 3.74. The number of anilines is 2. The Kier molecular flexibility index (Phi) is 8.15. The minimum Gasteiger partial charge on any atom is -0.387 e. The van der Waals surface area contributed by atoms with Crippen molar-refractivity contribution in [3.63, 3.8) is 0 Å². The second-order valence-electron chi connectivity index (χ2n) is 11.0. The Morgan fingerprint density at radius 2 is 1.81 bits per heavy atom. The number of fused-ring (bicyclic) bond motifs is 1. The van der Waals surface area contributed by atoms with Crippen LogP contribution in [0, 0.1) is 0 Å². The molecule has 2 aromatic heterocycles. The van der Waals surface area contributed by atoms with E-state index in [4.69, 9.17) is 21.8 Å². The van der Waals surface area contributed by atoms with Crippen LogP contribution >= 0.6 is 0 Å². The third-order valence-electron chi connectivity index (χ3n) is 8.25. The summed E-state index contributed by atoms with van der Waals surface area (Å²) < 4.78 is 14.7. The summed E-state index contributed by atoms with van der Waals surface area (Å²) in [4.78, 5) is 26.7. The summed E-state index contributed by atoms with van der Waals surface area (Å²) in [6, 6.07) is 20.4. The molecule has 1 amide bonds. The van der Waals surface area contributed by atoms with Crippen molar-refractivity contribution in [2.24, 2.45) is 5.73 Å². The highest BCUT2D eigenvalue weighted by Crippen LogP contribution is 2.34. The fraction of sp³-hybridized carbons (Fsp3) is 0.419. The van der Waals surface area contributed by atoms with E-state index < -0.39 is 30.4 Å². The largest absolute Gasteiger partial charge is 0.387 e. The maximum absolute atomic E-state index is 12.6. The summed E-state index contributed by atoms with van der Waals surface area (Å²) in [6.45, 7) is 0.595. The number of nitrogens with zero attached hydrogens (tertiary/aromatic N) is 4. The first-order chi connectivity index (χ1) is 21.4. The fourth-order valence-corrected chi connectivity index (χ4v) is 5.95. The van der Waals surface area contributed by atoms with Gasteiger partial charge in [0.2, 0.25) is 5.95 Å². The molecule has 1 saturated heterocycles. The predicted molar refractivity (Wildman–Crippen MR) is 162 cm³/mol. The molecule has 43 heavy (non-hydrogen) atoms. The first-order valence-electron chi connectivity index (χ1n) is 15.3. The van der Waals surface area contributed by atoms with E-state index in [2.05, 4.69) is 45.2 Å². The van der Waals surface area contributed by atoms with Crippen LogP contribution in [-0.4, -0.2) is 79.1 Å². The molecule has 1 aliphatic carbocycles. The predicted octanol–water partition coefficient (Wildman–Crippen LogP) is 2.12. The van der Waals surface area contributed by atoms with Gasteiger partial charge in [0.1, 0.15) is 12.2 Å². The van der Waals surface area contributed by atoms with Crippen molar-refractivity contribution in [1.82, 2.24) is 24.8 Å². The molecule has 6 rings (SSSR count). The second-order valence-corrected chi connectivity index (χ2v) is 11.0. The molecule has 0 radical (unpaired) electrons.